The van der Waals surface area contributed by atoms with Crippen LogP contribution in [0.1, 0.15) is 25.8 Å². The van der Waals surface area contributed by atoms with Gasteiger partial charge in [-0.3, -0.25) is 0 Å². The van der Waals surface area contributed by atoms with Crippen molar-refractivity contribution >= 4 is 0 Å². The van der Waals surface area contributed by atoms with E-state index in [-0.39, 0.29) is 0 Å². The normalized spacial score (nSPS) is 12.5. The molecule has 15 heavy (non-hydrogen) atoms. The van der Waals surface area contributed by atoms with Gasteiger partial charge in [-0.25, -0.2) is 0 Å². The van der Waals surface area contributed by atoms with Crippen LogP contribution in [0.5, 0.6) is 5.75 Å². The van der Waals surface area contributed by atoms with Gasteiger partial charge in [0.25, 0.3) is 0 Å². The highest BCUT2D eigenvalue weighted by Gasteiger charge is 2.01. The lowest BCUT2D eigenvalue weighted by molar-refractivity contribution is 0.414. The average Bonchev–Trinajstić information content (AvgIpc) is 2.27. The molecule has 1 unspecified atom stereocenters. The van der Waals surface area contributed by atoms with Crippen LogP contribution in [0.3, 0.4) is 0 Å². The van der Waals surface area contributed by atoms with Gasteiger partial charge in [-0.2, -0.15) is 0 Å². The van der Waals surface area contributed by atoms with Gasteiger partial charge in [0, 0.05) is 6.04 Å². The number of ether oxygens (including phenoxy) is 1. The zero-order chi connectivity index (χ0) is 11.1. The monoisotopic (exact) mass is 207 g/mol. The maximum absolute atomic E-state index is 5.19. The standard InChI is InChI=1S/C13H21NO/c1-4-14-11(2)8-9-12-6-5-7-13(10-12)15-3/h5-7,10-11,14H,4,8-9H2,1-3H3. The first kappa shape index (κ1) is 12.1. The van der Waals surface area contributed by atoms with E-state index in [0.717, 1.165) is 18.7 Å². The number of methoxy groups -OCH3 is 1. The smallest absolute Gasteiger partial charge is 0.119 e. The Hall–Kier alpha value is -1.02. The quantitative estimate of drug-likeness (QED) is 0.774. The summed E-state index contributed by atoms with van der Waals surface area (Å²) in [6.07, 6.45) is 2.27. The second-order valence-corrected chi connectivity index (χ2v) is 3.85. The van der Waals surface area contributed by atoms with Crippen molar-refractivity contribution in [3.63, 3.8) is 0 Å². The number of hydrogen-bond acceptors (Lipinski definition) is 2. The zero-order valence-corrected chi connectivity index (χ0v) is 9.92. The summed E-state index contributed by atoms with van der Waals surface area (Å²) in [5.41, 5.74) is 1.35. The van der Waals surface area contributed by atoms with Crippen molar-refractivity contribution in [1.82, 2.24) is 5.32 Å². The molecule has 1 rings (SSSR count). The Morgan fingerprint density at radius 1 is 1.40 bits per heavy atom. The van der Waals surface area contributed by atoms with Crippen LogP contribution in [-0.4, -0.2) is 19.7 Å². The molecule has 1 N–H and O–H groups in total. The van der Waals surface area contributed by atoms with Gasteiger partial charge in [0.15, 0.2) is 0 Å². The molecule has 0 heterocycles. The van der Waals surface area contributed by atoms with Gasteiger partial charge in [0.1, 0.15) is 5.75 Å². The summed E-state index contributed by atoms with van der Waals surface area (Å²) in [7, 11) is 1.71. The molecule has 0 aliphatic heterocycles. The van der Waals surface area contributed by atoms with Crippen LogP contribution in [0.4, 0.5) is 0 Å². The Kier molecular flexibility index (Phi) is 5.19. The molecule has 0 bridgehead atoms. The molecule has 2 nitrogen and oxygen atoms in total. The average molecular weight is 207 g/mol. The van der Waals surface area contributed by atoms with E-state index in [2.05, 4.69) is 31.3 Å². The highest BCUT2D eigenvalue weighted by atomic mass is 16.5. The number of benzene rings is 1. The van der Waals surface area contributed by atoms with Crippen molar-refractivity contribution in [2.24, 2.45) is 0 Å². The Bertz CT molecular complexity index is 286. The van der Waals surface area contributed by atoms with Gasteiger partial charge >= 0.3 is 0 Å². The van der Waals surface area contributed by atoms with E-state index in [1.807, 2.05) is 12.1 Å². The predicted octanol–water partition coefficient (Wildman–Crippen LogP) is 2.63. The molecule has 0 aliphatic carbocycles. The van der Waals surface area contributed by atoms with Gasteiger partial charge in [-0.15, -0.1) is 0 Å². The second kappa shape index (κ2) is 6.46. The number of aryl methyl sites for hydroxylation is 1. The van der Waals surface area contributed by atoms with Crippen LogP contribution >= 0.6 is 0 Å². The predicted molar refractivity (Wildman–Crippen MR) is 64.5 cm³/mol. The summed E-state index contributed by atoms with van der Waals surface area (Å²) >= 11 is 0. The van der Waals surface area contributed by atoms with Crippen molar-refractivity contribution in [1.29, 1.82) is 0 Å². The summed E-state index contributed by atoms with van der Waals surface area (Å²) in [4.78, 5) is 0. The van der Waals surface area contributed by atoms with Crippen LogP contribution in [0.25, 0.3) is 0 Å². The zero-order valence-electron chi connectivity index (χ0n) is 9.92. The fourth-order valence-electron chi connectivity index (χ4n) is 1.66. The molecule has 0 aliphatic rings. The van der Waals surface area contributed by atoms with Crippen molar-refractivity contribution < 1.29 is 4.74 Å². The number of hydrogen-bond donors (Lipinski definition) is 1. The van der Waals surface area contributed by atoms with Crippen LogP contribution in [-0.2, 0) is 6.42 Å². The molecule has 0 fully saturated rings. The fraction of sp³-hybridized carbons (Fsp3) is 0.538. The second-order valence-electron chi connectivity index (χ2n) is 3.85. The lowest BCUT2D eigenvalue weighted by atomic mass is 10.1. The van der Waals surface area contributed by atoms with Crippen LogP contribution in [0, 0.1) is 0 Å². The van der Waals surface area contributed by atoms with Gasteiger partial charge in [-0.05, 0) is 44.0 Å². The summed E-state index contributed by atoms with van der Waals surface area (Å²) in [5, 5.41) is 3.41. The van der Waals surface area contributed by atoms with Crippen molar-refractivity contribution in [2.45, 2.75) is 32.7 Å². The summed E-state index contributed by atoms with van der Waals surface area (Å²) in [6, 6.07) is 8.88. The summed E-state index contributed by atoms with van der Waals surface area (Å²) < 4.78 is 5.19. The first-order valence-electron chi connectivity index (χ1n) is 5.62. The minimum atomic E-state index is 0.584. The number of rotatable bonds is 6. The van der Waals surface area contributed by atoms with E-state index in [9.17, 15) is 0 Å². The molecule has 84 valence electrons. The first-order valence-corrected chi connectivity index (χ1v) is 5.62. The molecule has 0 radical (unpaired) electrons. The SMILES string of the molecule is CCNC(C)CCc1cccc(OC)c1. The first-order chi connectivity index (χ1) is 7.26. The molecule has 1 aromatic carbocycles. The van der Waals surface area contributed by atoms with Crippen LogP contribution in [0.15, 0.2) is 24.3 Å². The highest BCUT2D eigenvalue weighted by molar-refractivity contribution is 5.28. The van der Waals surface area contributed by atoms with Crippen molar-refractivity contribution in [3.05, 3.63) is 29.8 Å². The molecule has 0 amide bonds. The van der Waals surface area contributed by atoms with E-state index >= 15 is 0 Å². The van der Waals surface area contributed by atoms with E-state index in [1.54, 1.807) is 7.11 Å². The Morgan fingerprint density at radius 3 is 2.87 bits per heavy atom. The molecule has 0 aromatic heterocycles. The molecule has 1 atom stereocenters. The fourth-order valence-corrected chi connectivity index (χ4v) is 1.66. The summed E-state index contributed by atoms with van der Waals surface area (Å²) in [6.45, 7) is 5.41. The topological polar surface area (TPSA) is 21.3 Å². The highest BCUT2D eigenvalue weighted by Crippen LogP contribution is 2.14. The maximum atomic E-state index is 5.19. The Balaban J connectivity index is 2.43. The van der Waals surface area contributed by atoms with Crippen LogP contribution in [0.2, 0.25) is 0 Å². The minimum absolute atomic E-state index is 0.584. The van der Waals surface area contributed by atoms with Gasteiger partial charge in [0.05, 0.1) is 7.11 Å². The third-order valence-electron chi connectivity index (χ3n) is 2.55. The molecule has 0 spiro atoms. The molecule has 0 saturated heterocycles. The third kappa shape index (κ3) is 4.34. The third-order valence-corrected chi connectivity index (χ3v) is 2.55. The Morgan fingerprint density at radius 2 is 2.20 bits per heavy atom. The largest absolute Gasteiger partial charge is 0.497 e. The lowest BCUT2D eigenvalue weighted by Gasteiger charge is -2.12. The van der Waals surface area contributed by atoms with Gasteiger partial charge in [-0.1, -0.05) is 19.1 Å². The Labute approximate surface area is 92.6 Å². The summed E-state index contributed by atoms with van der Waals surface area (Å²) in [5.74, 6) is 0.948. The maximum Gasteiger partial charge on any atom is 0.119 e. The van der Waals surface area contributed by atoms with Gasteiger partial charge in [0.2, 0.25) is 0 Å². The molecule has 0 saturated carbocycles. The van der Waals surface area contributed by atoms with Crippen molar-refractivity contribution in [2.75, 3.05) is 13.7 Å². The minimum Gasteiger partial charge on any atom is -0.497 e. The van der Waals surface area contributed by atoms with E-state index < -0.39 is 0 Å². The van der Waals surface area contributed by atoms with Gasteiger partial charge < -0.3 is 10.1 Å². The lowest BCUT2D eigenvalue weighted by Crippen LogP contribution is -2.25. The van der Waals surface area contributed by atoms with Crippen LogP contribution < -0.4 is 10.1 Å². The van der Waals surface area contributed by atoms with E-state index in [1.165, 1.54) is 12.0 Å². The number of nitrogens with one attached hydrogen (secondary N) is 1. The molecular formula is C13H21NO. The molecule has 2 heteroatoms. The van der Waals surface area contributed by atoms with E-state index in [4.69, 9.17) is 4.74 Å². The molecular weight excluding hydrogens is 186 g/mol. The molecule has 1 aromatic rings. The van der Waals surface area contributed by atoms with E-state index in [0.29, 0.717) is 6.04 Å². The van der Waals surface area contributed by atoms with Crippen molar-refractivity contribution in [3.8, 4) is 5.75 Å².